The highest BCUT2D eigenvalue weighted by molar-refractivity contribution is 6.06. The van der Waals surface area contributed by atoms with Gasteiger partial charge in [0.15, 0.2) is 5.82 Å². The molecule has 2 amide bonds. The van der Waals surface area contributed by atoms with Gasteiger partial charge in [0.2, 0.25) is 12.3 Å². The van der Waals surface area contributed by atoms with Gasteiger partial charge in [0.25, 0.3) is 0 Å². The average Bonchev–Trinajstić information content (AvgIpc) is 2.85. The Balaban J connectivity index is 1.67. The summed E-state index contributed by atoms with van der Waals surface area (Å²) in [5.74, 6) is -0.0663. The van der Waals surface area contributed by atoms with Crippen LogP contribution in [0.3, 0.4) is 0 Å². The van der Waals surface area contributed by atoms with Crippen LogP contribution in [-0.4, -0.2) is 94.4 Å². The largest absolute Gasteiger partial charge is 0.385 e. The van der Waals surface area contributed by atoms with Crippen molar-refractivity contribution >= 4 is 29.5 Å². The number of piperidine rings is 1. The highest BCUT2D eigenvalue weighted by Crippen LogP contribution is 2.31. The molecule has 33 heavy (non-hydrogen) atoms. The van der Waals surface area contributed by atoms with Crippen molar-refractivity contribution in [3.05, 3.63) is 23.5 Å². The highest BCUT2D eigenvalue weighted by Gasteiger charge is 2.26. The standard InChI is InChI=1S/C23H36FN7O2/c1-26-20(33)7-10-31(16-32)23(25)18-3-4-19(21(24)22(18)27-2)30-13-11-29(12-14-30)15-17-5-8-28-9-6-17/h3-4,16-17,25,27-28H,5-15H2,1-2H3,(H,26,33). The number of nitrogens with zero attached hydrogens (tertiary/aromatic N) is 3. The van der Waals surface area contributed by atoms with Gasteiger partial charge in [0.1, 0.15) is 5.84 Å². The van der Waals surface area contributed by atoms with E-state index in [0.29, 0.717) is 12.1 Å². The van der Waals surface area contributed by atoms with E-state index in [2.05, 4.69) is 20.9 Å². The SMILES string of the molecule is CNC(=O)CCN(C=O)C(=N)c1ccc(N2CCN(CC3CCNCC3)CC2)c(F)c1NC. The van der Waals surface area contributed by atoms with Crippen LogP contribution in [-0.2, 0) is 9.59 Å². The summed E-state index contributed by atoms with van der Waals surface area (Å²) in [6, 6.07) is 3.36. The van der Waals surface area contributed by atoms with Gasteiger partial charge in [-0.05, 0) is 44.0 Å². The van der Waals surface area contributed by atoms with E-state index in [0.717, 1.165) is 56.6 Å². The molecule has 0 aliphatic carbocycles. The first kappa shape index (κ1) is 24.9. The number of amides is 2. The second-order valence-corrected chi connectivity index (χ2v) is 8.62. The Morgan fingerprint density at radius 1 is 1.24 bits per heavy atom. The molecule has 2 heterocycles. The summed E-state index contributed by atoms with van der Waals surface area (Å²) >= 11 is 0. The van der Waals surface area contributed by atoms with Crippen molar-refractivity contribution in [3.63, 3.8) is 0 Å². The second kappa shape index (κ2) is 11.9. The zero-order chi connectivity index (χ0) is 23.8. The highest BCUT2D eigenvalue weighted by atomic mass is 19.1. The molecule has 182 valence electrons. The van der Waals surface area contributed by atoms with Crippen molar-refractivity contribution in [2.45, 2.75) is 19.3 Å². The molecule has 9 nitrogen and oxygen atoms in total. The zero-order valence-electron chi connectivity index (χ0n) is 19.6. The Labute approximate surface area is 195 Å². The molecule has 0 radical (unpaired) electrons. The first-order valence-corrected chi connectivity index (χ1v) is 11.7. The predicted molar refractivity (Wildman–Crippen MR) is 128 cm³/mol. The smallest absolute Gasteiger partial charge is 0.221 e. The molecule has 2 saturated heterocycles. The van der Waals surface area contributed by atoms with Crippen LogP contribution in [0.5, 0.6) is 0 Å². The summed E-state index contributed by atoms with van der Waals surface area (Å²) < 4.78 is 15.5. The number of piperazine rings is 1. The molecule has 0 spiro atoms. The minimum atomic E-state index is -0.427. The Bertz CT molecular complexity index is 836. The lowest BCUT2D eigenvalue weighted by Crippen LogP contribution is -2.49. The second-order valence-electron chi connectivity index (χ2n) is 8.62. The quantitative estimate of drug-likeness (QED) is 0.248. The summed E-state index contributed by atoms with van der Waals surface area (Å²) in [6.07, 6.45) is 3.00. The molecule has 1 aromatic rings. The van der Waals surface area contributed by atoms with Crippen molar-refractivity contribution in [3.8, 4) is 0 Å². The van der Waals surface area contributed by atoms with Gasteiger partial charge in [-0.2, -0.15) is 0 Å². The number of carbonyl (C=O) groups excluding carboxylic acids is 2. The average molecular weight is 462 g/mol. The van der Waals surface area contributed by atoms with Crippen molar-refractivity contribution < 1.29 is 14.0 Å². The van der Waals surface area contributed by atoms with Crippen LogP contribution < -0.4 is 20.9 Å². The Hall–Kier alpha value is -2.72. The van der Waals surface area contributed by atoms with E-state index in [4.69, 9.17) is 5.41 Å². The molecule has 2 fully saturated rings. The van der Waals surface area contributed by atoms with Crippen LogP contribution in [0.2, 0.25) is 0 Å². The van der Waals surface area contributed by atoms with Crippen LogP contribution in [0, 0.1) is 17.1 Å². The monoisotopic (exact) mass is 461 g/mol. The van der Waals surface area contributed by atoms with Gasteiger partial charge in [-0.3, -0.25) is 24.8 Å². The number of halogens is 1. The number of hydrogen-bond donors (Lipinski definition) is 4. The topological polar surface area (TPSA) is 104 Å². The lowest BCUT2D eigenvalue weighted by molar-refractivity contribution is -0.121. The van der Waals surface area contributed by atoms with E-state index in [1.54, 1.807) is 19.2 Å². The van der Waals surface area contributed by atoms with E-state index >= 15 is 4.39 Å². The van der Waals surface area contributed by atoms with E-state index in [-0.39, 0.29) is 36.0 Å². The number of nitrogens with one attached hydrogen (secondary N) is 4. The zero-order valence-corrected chi connectivity index (χ0v) is 19.6. The number of carbonyl (C=O) groups is 2. The van der Waals surface area contributed by atoms with Crippen molar-refractivity contribution in [2.24, 2.45) is 5.92 Å². The van der Waals surface area contributed by atoms with E-state index < -0.39 is 5.82 Å². The molecular weight excluding hydrogens is 425 g/mol. The Kier molecular flexibility index (Phi) is 9.02. The molecule has 0 unspecified atom stereocenters. The fourth-order valence-corrected chi connectivity index (χ4v) is 4.57. The van der Waals surface area contributed by atoms with Crippen molar-refractivity contribution in [1.29, 1.82) is 5.41 Å². The predicted octanol–water partition coefficient (Wildman–Crippen LogP) is 0.909. The molecule has 0 bridgehead atoms. The van der Waals surface area contributed by atoms with Gasteiger partial charge in [-0.25, -0.2) is 4.39 Å². The lowest BCUT2D eigenvalue weighted by Gasteiger charge is -2.38. The molecule has 3 rings (SSSR count). The molecular formula is C23H36FN7O2. The van der Waals surface area contributed by atoms with Crippen LogP contribution in [0.25, 0.3) is 0 Å². The Morgan fingerprint density at radius 3 is 2.55 bits per heavy atom. The number of benzene rings is 1. The van der Waals surface area contributed by atoms with E-state index in [1.165, 1.54) is 19.9 Å². The molecule has 10 heteroatoms. The fraction of sp³-hybridized carbons (Fsp3) is 0.609. The van der Waals surface area contributed by atoms with Gasteiger partial charge in [-0.15, -0.1) is 0 Å². The summed E-state index contributed by atoms with van der Waals surface area (Å²) in [4.78, 5) is 28.7. The first-order valence-electron chi connectivity index (χ1n) is 11.7. The molecule has 1 aromatic carbocycles. The first-order chi connectivity index (χ1) is 16.0. The molecule has 0 aromatic heterocycles. The molecule has 0 saturated carbocycles. The summed E-state index contributed by atoms with van der Waals surface area (Å²) in [6.45, 7) is 6.63. The van der Waals surface area contributed by atoms with Gasteiger partial charge in [0, 0.05) is 65.3 Å². The molecule has 2 aliphatic rings. The van der Waals surface area contributed by atoms with Gasteiger partial charge < -0.3 is 20.9 Å². The third-order valence-corrected chi connectivity index (χ3v) is 6.59. The summed E-state index contributed by atoms with van der Waals surface area (Å²) in [5, 5.41) is 17.2. The lowest BCUT2D eigenvalue weighted by atomic mass is 9.97. The van der Waals surface area contributed by atoms with Gasteiger partial charge in [-0.1, -0.05) is 0 Å². The van der Waals surface area contributed by atoms with E-state index in [9.17, 15) is 9.59 Å². The normalized spacial score (nSPS) is 17.5. The van der Waals surface area contributed by atoms with Crippen molar-refractivity contribution in [1.82, 2.24) is 20.4 Å². The van der Waals surface area contributed by atoms with Gasteiger partial charge in [0.05, 0.1) is 11.4 Å². The third-order valence-electron chi connectivity index (χ3n) is 6.59. The minimum absolute atomic E-state index is 0.0492. The number of amidine groups is 1. The third kappa shape index (κ3) is 6.20. The maximum Gasteiger partial charge on any atom is 0.221 e. The van der Waals surface area contributed by atoms with Crippen LogP contribution in [0.1, 0.15) is 24.8 Å². The van der Waals surface area contributed by atoms with Crippen LogP contribution >= 0.6 is 0 Å². The van der Waals surface area contributed by atoms with Crippen molar-refractivity contribution in [2.75, 3.05) is 76.7 Å². The van der Waals surface area contributed by atoms with E-state index in [1.807, 2.05) is 4.90 Å². The molecule has 4 N–H and O–H groups in total. The van der Waals surface area contributed by atoms with Crippen LogP contribution in [0.15, 0.2) is 12.1 Å². The Morgan fingerprint density at radius 2 is 1.94 bits per heavy atom. The minimum Gasteiger partial charge on any atom is -0.385 e. The summed E-state index contributed by atoms with van der Waals surface area (Å²) in [5.41, 5.74) is 0.967. The molecule has 2 aliphatic heterocycles. The maximum absolute atomic E-state index is 15.5. The number of anilines is 2. The molecule has 0 atom stereocenters. The van der Waals surface area contributed by atoms with Gasteiger partial charge >= 0.3 is 0 Å². The fourth-order valence-electron chi connectivity index (χ4n) is 4.57. The maximum atomic E-state index is 15.5. The number of hydrogen-bond acceptors (Lipinski definition) is 7. The summed E-state index contributed by atoms with van der Waals surface area (Å²) in [7, 11) is 3.12. The number of rotatable bonds is 9. The van der Waals surface area contributed by atoms with Crippen LogP contribution in [0.4, 0.5) is 15.8 Å².